The van der Waals surface area contributed by atoms with Gasteiger partial charge in [-0.25, -0.2) is 0 Å². The molecular weight excluding hydrogens is 417 g/mol. The average molecular weight is 442 g/mol. The van der Waals surface area contributed by atoms with Crippen LogP contribution < -0.4 is 19.5 Å². The summed E-state index contributed by atoms with van der Waals surface area (Å²) in [4.78, 5) is 12.9. The van der Waals surface area contributed by atoms with Crippen LogP contribution in [0.25, 0.3) is 0 Å². The molecule has 0 bridgehead atoms. The minimum absolute atomic E-state index is 0.298. The van der Waals surface area contributed by atoms with Gasteiger partial charge < -0.3 is 24.3 Å². The minimum Gasteiger partial charge on any atom is -0.490 e. The maximum absolute atomic E-state index is 12.9. The number of hydrogen-bond donors (Lipinski definition) is 1. The van der Waals surface area contributed by atoms with E-state index in [2.05, 4.69) is 5.32 Å². The first-order chi connectivity index (χ1) is 14.0. The number of carbonyl (C=O) groups excluding carboxylic acids is 1. The summed E-state index contributed by atoms with van der Waals surface area (Å²) in [5.74, 6) is 0.840. The van der Waals surface area contributed by atoms with Crippen molar-refractivity contribution in [2.75, 3.05) is 38.9 Å². The van der Waals surface area contributed by atoms with Crippen molar-refractivity contribution >= 4 is 34.8 Å². The molecule has 0 unspecified atom stereocenters. The van der Waals surface area contributed by atoms with E-state index in [1.54, 1.807) is 37.4 Å². The molecule has 0 aliphatic carbocycles. The number of methoxy groups -OCH3 is 1. The Balaban J connectivity index is 2.28. The fourth-order valence-electron chi connectivity index (χ4n) is 2.48. The van der Waals surface area contributed by atoms with Crippen molar-refractivity contribution in [1.29, 1.82) is 0 Å². The first-order valence-electron chi connectivity index (χ1n) is 9.32. The Morgan fingerprint density at radius 3 is 2.41 bits per heavy atom. The van der Waals surface area contributed by atoms with Gasteiger partial charge in [0.25, 0.3) is 5.91 Å². The molecule has 2 rings (SSSR count). The van der Waals surface area contributed by atoms with Crippen molar-refractivity contribution in [3.8, 4) is 17.2 Å². The number of halogens is 2. The van der Waals surface area contributed by atoms with Crippen LogP contribution in [0.1, 0.15) is 30.6 Å². The van der Waals surface area contributed by atoms with Gasteiger partial charge in [0.05, 0.1) is 35.6 Å². The molecule has 1 amide bonds. The highest BCUT2D eigenvalue weighted by molar-refractivity contribution is 6.33. The van der Waals surface area contributed by atoms with Crippen LogP contribution in [0.5, 0.6) is 17.2 Å². The Hall–Kier alpha value is -2.15. The van der Waals surface area contributed by atoms with Gasteiger partial charge in [-0.05, 0) is 37.6 Å². The van der Waals surface area contributed by atoms with Crippen molar-refractivity contribution in [2.24, 2.45) is 0 Å². The maximum atomic E-state index is 12.9. The van der Waals surface area contributed by atoms with E-state index < -0.39 is 0 Å². The molecule has 0 heterocycles. The van der Waals surface area contributed by atoms with Crippen LogP contribution in [0, 0.1) is 0 Å². The van der Waals surface area contributed by atoms with Crippen LogP contribution >= 0.6 is 23.2 Å². The summed E-state index contributed by atoms with van der Waals surface area (Å²) in [5.41, 5.74) is 0.768. The fraction of sp³-hybridized carbons (Fsp3) is 0.381. The second-order valence-electron chi connectivity index (χ2n) is 5.98. The van der Waals surface area contributed by atoms with Gasteiger partial charge in [0, 0.05) is 12.7 Å². The molecule has 2 aromatic rings. The molecule has 0 atom stereocenters. The first-order valence-corrected chi connectivity index (χ1v) is 10.1. The van der Waals surface area contributed by atoms with E-state index in [0.29, 0.717) is 65.0 Å². The van der Waals surface area contributed by atoms with Crippen molar-refractivity contribution in [2.45, 2.75) is 20.3 Å². The third-order valence-electron chi connectivity index (χ3n) is 3.77. The monoisotopic (exact) mass is 441 g/mol. The quantitative estimate of drug-likeness (QED) is 0.469. The predicted molar refractivity (Wildman–Crippen MR) is 115 cm³/mol. The van der Waals surface area contributed by atoms with E-state index in [1.807, 2.05) is 13.8 Å². The van der Waals surface area contributed by atoms with Crippen molar-refractivity contribution in [3.05, 3.63) is 45.9 Å². The number of rotatable bonds is 11. The lowest BCUT2D eigenvalue weighted by atomic mass is 10.1. The second-order valence-corrected chi connectivity index (χ2v) is 6.79. The predicted octanol–water partition coefficient (Wildman–Crippen LogP) is 5.46. The van der Waals surface area contributed by atoms with Crippen molar-refractivity contribution in [1.82, 2.24) is 0 Å². The summed E-state index contributed by atoms with van der Waals surface area (Å²) in [5, 5.41) is 3.50. The number of anilines is 1. The average Bonchev–Trinajstić information content (AvgIpc) is 2.69. The van der Waals surface area contributed by atoms with Crippen LogP contribution in [0.4, 0.5) is 5.69 Å². The summed E-state index contributed by atoms with van der Waals surface area (Å²) in [6.07, 6.45) is 0.824. The van der Waals surface area contributed by atoms with Gasteiger partial charge in [-0.2, -0.15) is 0 Å². The Labute approximate surface area is 181 Å². The van der Waals surface area contributed by atoms with Gasteiger partial charge in [-0.1, -0.05) is 36.2 Å². The molecule has 158 valence electrons. The molecule has 0 saturated carbocycles. The van der Waals surface area contributed by atoms with E-state index in [-0.39, 0.29) is 5.91 Å². The second kappa shape index (κ2) is 11.8. The van der Waals surface area contributed by atoms with Crippen LogP contribution in [0.2, 0.25) is 10.0 Å². The molecule has 0 saturated heterocycles. The third kappa shape index (κ3) is 6.42. The molecule has 0 fully saturated rings. The van der Waals surface area contributed by atoms with Gasteiger partial charge in [0.1, 0.15) is 6.61 Å². The first kappa shape index (κ1) is 23.1. The highest BCUT2D eigenvalue weighted by Gasteiger charge is 2.18. The van der Waals surface area contributed by atoms with Crippen molar-refractivity contribution < 1.29 is 23.7 Å². The molecule has 0 aromatic heterocycles. The molecular formula is C21H25Cl2NO5. The van der Waals surface area contributed by atoms with Gasteiger partial charge in [-0.15, -0.1) is 0 Å². The molecule has 1 N–H and O–H groups in total. The zero-order valence-corrected chi connectivity index (χ0v) is 18.2. The SMILES string of the molecule is CCCOc1c(Cl)cc(C(=O)Nc2cccc(Cl)c2OCCOC)cc1OCC. The molecule has 6 nitrogen and oxygen atoms in total. The highest BCUT2D eigenvalue weighted by Crippen LogP contribution is 2.38. The van der Waals surface area contributed by atoms with Crippen LogP contribution in [-0.4, -0.2) is 39.4 Å². The molecule has 0 aliphatic rings. The number of hydrogen-bond acceptors (Lipinski definition) is 5. The minimum atomic E-state index is -0.381. The van der Waals surface area contributed by atoms with Crippen molar-refractivity contribution in [3.63, 3.8) is 0 Å². The van der Waals surface area contributed by atoms with E-state index in [0.717, 1.165) is 6.42 Å². The Morgan fingerprint density at radius 2 is 1.72 bits per heavy atom. The van der Waals surface area contributed by atoms with Gasteiger partial charge in [-0.3, -0.25) is 4.79 Å². The summed E-state index contributed by atoms with van der Waals surface area (Å²) in [6, 6.07) is 8.26. The normalized spacial score (nSPS) is 10.5. The van der Waals surface area contributed by atoms with Gasteiger partial charge in [0.2, 0.25) is 0 Å². The lowest BCUT2D eigenvalue weighted by Gasteiger charge is -2.16. The third-order valence-corrected chi connectivity index (χ3v) is 4.35. The number of amides is 1. The smallest absolute Gasteiger partial charge is 0.255 e. The lowest BCUT2D eigenvalue weighted by molar-refractivity contribution is 0.102. The van der Waals surface area contributed by atoms with E-state index >= 15 is 0 Å². The Morgan fingerprint density at radius 1 is 0.966 bits per heavy atom. The van der Waals surface area contributed by atoms with E-state index in [4.69, 9.17) is 42.1 Å². The van der Waals surface area contributed by atoms with Crippen LogP contribution in [0.3, 0.4) is 0 Å². The summed E-state index contributed by atoms with van der Waals surface area (Å²) in [6.45, 7) is 5.44. The molecule has 0 aliphatic heterocycles. The highest BCUT2D eigenvalue weighted by atomic mass is 35.5. The number of ether oxygens (including phenoxy) is 4. The Kier molecular flexibility index (Phi) is 9.38. The standard InChI is InChI=1S/C21H25Cl2NO5/c1-4-9-28-20-16(23)12-14(13-18(20)27-5-2)21(25)24-17-8-6-7-15(22)19(17)29-11-10-26-3/h6-8,12-13H,4-5,9-11H2,1-3H3,(H,24,25). The van der Waals surface area contributed by atoms with Gasteiger partial charge >= 0.3 is 0 Å². The number of benzene rings is 2. The molecule has 8 heteroatoms. The molecule has 29 heavy (non-hydrogen) atoms. The Bertz CT molecular complexity index is 829. The van der Waals surface area contributed by atoms with Gasteiger partial charge in [0.15, 0.2) is 17.2 Å². The largest absolute Gasteiger partial charge is 0.490 e. The number of para-hydroxylation sites is 1. The lowest BCUT2D eigenvalue weighted by Crippen LogP contribution is -2.14. The number of nitrogens with one attached hydrogen (secondary N) is 1. The zero-order valence-electron chi connectivity index (χ0n) is 16.7. The van der Waals surface area contributed by atoms with E-state index in [9.17, 15) is 4.79 Å². The number of carbonyl (C=O) groups is 1. The fourth-order valence-corrected chi connectivity index (χ4v) is 2.98. The summed E-state index contributed by atoms with van der Waals surface area (Å²) < 4.78 is 21.9. The van der Waals surface area contributed by atoms with Crippen LogP contribution in [-0.2, 0) is 4.74 Å². The molecule has 0 spiro atoms. The zero-order chi connectivity index (χ0) is 21.2. The summed E-state index contributed by atoms with van der Waals surface area (Å²) >= 11 is 12.6. The topological polar surface area (TPSA) is 66.0 Å². The maximum Gasteiger partial charge on any atom is 0.255 e. The van der Waals surface area contributed by atoms with E-state index in [1.165, 1.54) is 0 Å². The summed E-state index contributed by atoms with van der Waals surface area (Å²) in [7, 11) is 1.58. The molecule has 0 radical (unpaired) electrons. The van der Waals surface area contributed by atoms with Crippen LogP contribution in [0.15, 0.2) is 30.3 Å². The molecule has 2 aromatic carbocycles.